The van der Waals surface area contributed by atoms with Gasteiger partial charge in [0.05, 0.1) is 5.69 Å². The number of hydrogen-bond acceptors (Lipinski definition) is 4. The molecule has 116 valence electrons. The number of anilines is 4. The molecule has 0 atom stereocenters. The molecule has 2 aromatic carbocycles. The molecule has 0 fully saturated rings. The summed E-state index contributed by atoms with van der Waals surface area (Å²) in [6.45, 7) is 1.48. The van der Waals surface area contributed by atoms with Gasteiger partial charge in [-0.05, 0) is 52.3 Å². The summed E-state index contributed by atoms with van der Waals surface area (Å²) >= 11 is 3.43. The molecule has 0 radical (unpaired) electrons. The third-order valence-corrected chi connectivity index (χ3v) is 4.07. The topological polar surface area (TPSA) is 80.0 Å². The first-order valence-corrected chi connectivity index (χ1v) is 7.81. The summed E-state index contributed by atoms with van der Waals surface area (Å²) in [4.78, 5) is 15.6. The van der Waals surface area contributed by atoms with Gasteiger partial charge in [-0.15, -0.1) is 0 Å². The van der Waals surface area contributed by atoms with Crippen LogP contribution in [0.15, 0.2) is 53.1 Å². The van der Waals surface area contributed by atoms with E-state index in [0.717, 1.165) is 26.6 Å². The van der Waals surface area contributed by atoms with Crippen molar-refractivity contribution >= 4 is 55.5 Å². The maximum absolute atomic E-state index is 11.2. The van der Waals surface area contributed by atoms with Gasteiger partial charge in [0.25, 0.3) is 0 Å². The van der Waals surface area contributed by atoms with E-state index in [1.165, 1.54) is 6.92 Å². The third-order valence-electron chi connectivity index (χ3n) is 3.38. The smallest absolute Gasteiger partial charge is 0.221 e. The highest BCUT2D eigenvalue weighted by molar-refractivity contribution is 9.10. The van der Waals surface area contributed by atoms with Crippen LogP contribution in [0.25, 0.3) is 10.8 Å². The van der Waals surface area contributed by atoms with Crippen LogP contribution >= 0.6 is 15.9 Å². The third kappa shape index (κ3) is 3.27. The van der Waals surface area contributed by atoms with Crippen LogP contribution in [-0.4, -0.2) is 10.9 Å². The zero-order valence-electron chi connectivity index (χ0n) is 12.4. The Labute approximate surface area is 142 Å². The molecule has 1 amide bonds. The Balaban J connectivity index is 1.99. The Kier molecular flexibility index (Phi) is 4.16. The van der Waals surface area contributed by atoms with E-state index in [-0.39, 0.29) is 5.91 Å². The molecule has 3 aromatic rings. The van der Waals surface area contributed by atoms with Gasteiger partial charge in [0.1, 0.15) is 5.82 Å². The maximum atomic E-state index is 11.2. The van der Waals surface area contributed by atoms with Crippen LogP contribution in [-0.2, 0) is 4.79 Å². The zero-order chi connectivity index (χ0) is 16.4. The van der Waals surface area contributed by atoms with Crippen LogP contribution in [0.1, 0.15) is 6.92 Å². The predicted octanol–water partition coefficient (Wildman–Crippen LogP) is 4.28. The Hall–Kier alpha value is -2.60. The molecule has 5 nitrogen and oxygen atoms in total. The number of nitrogens with two attached hydrogens (primary N) is 1. The fourth-order valence-electron chi connectivity index (χ4n) is 2.37. The number of carbonyl (C=O) groups excluding carboxylic acids is 1. The number of amides is 1. The van der Waals surface area contributed by atoms with E-state index in [2.05, 4.69) is 31.5 Å². The Morgan fingerprint density at radius 2 is 1.91 bits per heavy atom. The van der Waals surface area contributed by atoms with Crippen LogP contribution in [0.4, 0.5) is 22.9 Å². The van der Waals surface area contributed by atoms with Gasteiger partial charge in [-0.25, -0.2) is 4.98 Å². The summed E-state index contributed by atoms with van der Waals surface area (Å²) in [7, 11) is 0. The molecule has 1 heterocycles. The van der Waals surface area contributed by atoms with Crippen molar-refractivity contribution in [3.63, 3.8) is 0 Å². The largest absolute Gasteiger partial charge is 0.397 e. The number of fused-ring (bicyclic) bond motifs is 1. The van der Waals surface area contributed by atoms with Crippen molar-refractivity contribution in [1.82, 2.24) is 4.98 Å². The van der Waals surface area contributed by atoms with Gasteiger partial charge in [0, 0.05) is 39.7 Å². The first kappa shape index (κ1) is 15.3. The normalized spacial score (nSPS) is 10.5. The van der Waals surface area contributed by atoms with E-state index >= 15 is 0 Å². The summed E-state index contributed by atoms with van der Waals surface area (Å²) in [6, 6.07) is 13.2. The van der Waals surface area contributed by atoms with E-state index in [4.69, 9.17) is 5.73 Å². The van der Waals surface area contributed by atoms with Gasteiger partial charge < -0.3 is 16.4 Å². The van der Waals surface area contributed by atoms with Crippen molar-refractivity contribution in [2.75, 3.05) is 16.4 Å². The molecule has 6 heteroatoms. The predicted molar refractivity (Wildman–Crippen MR) is 97.9 cm³/mol. The average molecular weight is 371 g/mol. The fraction of sp³-hybridized carbons (Fsp3) is 0.0588. The summed E-state index contributed by atoms with van der Waals surface area (Å²) in [5, 5.41) is 7.89. The monoisotopic (exact) mass is 370 g/mol. The minimum Gasteiger partial charge on any atom is -0.397 e. The number of nitrogens with zero attached hydrogens (tertiary/aromatic N) is 1. The number of aromatic nitrogens is 1. The second-order valence-electron chi connectivity index (χ2n) is 5.10. The number of nitrogen functional groups attached to an aromatic ring is 1. The average Bonchev–Trinajstić information content (AvgIpc) is 2.51. The van der Waals surface area contributed by atoms with E-state index in [1.807, 2.05) is 42.5 Å². The molecule has 0 saturated heterocycles. The molecular weight excluding hydrogens is 356 g/mol. The molecular formula is C17H15BrN4O. The molecule has 0 saturated carbocycles. The fourth-order valence-corrected chi connectivity index (χ4v) is 2.71. The van der Waals surface area contributed by atoms with Crippen LogP contribution in [0.5, 0.6) is 0 Å². The number of carbonyl (C=O) groups is 1. The zero-order valence-corrected chi connectivity index (χ0v) is 14.0. The first-order chi connectivity index (χ1) is 11.0. The highest BCUT2D eigenvalue weighted by atomic mass is 79.9. The minimum absolute atomic E-state index is 0.108. The van der Waals surface area contributed by atoms with Crippen LogP contribution in [0.2, 0.25) is 0 Å². The van der Waals surface area contributed by atoms with Gasteiger partial charge in [-0.3, -0.25) is 4.79 Å². The van der Waals surface area contributed by atoms with E-state index in [1.54, 1.807) is 6.20 Å². The maximum Gasteiger partial charge on any atom is 0.221 e. The van der Waals surface area contributed by atoms with Gasteiger partial charge in [0.15, 0.2) is 0 Å². The van der Waals surface area contributed by atoms with Crippen molar-refractivity contribution in [3.8, 4) is 0 Å². The number of halogens is 1. The lowest BCUT2D eigenvalue weighted by Gasteiger charge is -2.12. The molecule has 0 unspecified atom stereocenters. The molecule has 0 aliphatic heterocycles. The number of nitrogens with one attached hydrogen (secondary N) is 2. The van der Waals surface area contributed by atoms with Crippen molar-refractivity contribution in [3.05, 3.63) is 53.1 Å². The molecule has 4 N–H and O–H groups in total. The standard InChI is InChI=1S/C17H15BrN4O/c1-10(23)21-11-3-2-4-12(9-11)22-17-14-5-6-15(18)16(19)13(14)7-8-20-17/h2-9H,19H2,1H3,(H,20,22)(H,21,23). The lowest BCUT2D eigenvalue weighted by atomic mass is 10.1. The lowest BCUT2D eigenvalue weighted by molar-refractivity contribution is -0.114. The van der Waals surface area contributed by atoms with Crippen molar-refractivity contribution in [1.29, 1.82) is 0 Å². The van der Waals surface area contributed by atoms with Gasteiger partial charge >= 0.3 is 0 Å². The molecule has 0 bridgehead atoms. The SMILES string of the molecule is CC(=O)Nc1cccc(Nc2nccc3c(N)c(Br)ccc23)c1. The minimum atomic E-state index is -0.108. The summed E-state index contributed by atoms with van der Waals surface area (Å²) < 4.78 is 0.856. The molecule has 3 rings (SSSR count). The van der Waals surface area contributed by atoms with Gasteiger partial charge in [-0.2, -0.15) is 0 Å². The van der Waals surface area contributed by atoms with Crippen molar-refractivity contribution in [2.45, 2.75) is 6.92 Å². The van der Waals surface area contributed by atoms with E-state index < -0.39 is 0 Å². The Morgan fingerprint density at radius 1 is 1.13 bits per heavy atom. The highest BCUT2D eigenvalue weighted by Crippen LogP contribution is 2.33. The number of pyridine rings is 1. The molecule has 1 aromatic heterocycles. The Morgan fingerprint density at radius 3 is 2.70 bits per heavy atom. The van der Waals surface area contributed by atoms with Crippen molar-refractivity contribution < 1.29 is 4.79 Å². The summed E-state index contributed by atoms with van der Waals surface area (Å²) in [5.74, 6) is 0.602. The molecule has 0 spiro atoms. The van der Waals surface area contributed by atoms with Crippen LogP contribution in [0, 0.1) is 0 Å². The number of hydrogen-bond donors (Lipinski definition) is 3. The van der Waals surface area contributed by atoms with Crippen molar-refractivity contribution in [2.24, 2.45) is 0 Å². The van der Waals surface area contributed by atoms with E-state index in [0.29, 0.717) is 11.5 Å². The highest BCUT2D eigenvalue weighted by Gasteiger charge is 2.08. The Bertz CT molecular complexity index is 895. The van der Waals surface area contributed by atoms with Gasteiger partial charge in [-0.1, -0.05) is 6.07 Å². The number of rotatable bonds is 3. The summed E-state index contributed by atoms with van der Waals surface area (Å²) in [5.41, 5.74) is 8.35. The number of benzene rings is 2. The molecule has 23 heavy (non-hydrogen) atoms. The second kappa shape index (κ2) is 6.26. The van der Waals surface area contributed by atoms with Crippen LogP contribution in [0.3, 0.4) is 0 Å². The quantitative estimate of drug-likeness (QED) is 0.601. The molecule has 0 aliphatic carbocycles. The van der Waals surface area contributed by atoms with Gasteiger partial charge in [0.2, 0.25) is 5.91 Å². The molecule has 0 aliphatic rings. The first-order valence-electron chi connectivity index (χ1n) is 7.02. The second-order valence-corrected chi connectivity index (χ2v) is 5.96. The summed E-state index contributed by atoms with van der Waals surface area (Å²) in [6.07, 6.45) is 1.71. The van der Waals surface area contributed by atoms with Crippen LogP contribution < -0.4 is 16.4 Å². The van der Waals surface area contributed by atoms with E-state index in [9.17, 15) is 4.79 Å². The lowest BCUT2D eigenvalue weighted by Crippen LogP contribution is -2.05.